The predicted molar refractivity (Wildman–Crippen MR) is 78.1 cm³/mol. The number of carbonyl (C=O) groups excluding carboxylic acids is 2. The highest BCUT2D eigenvalue weighted by molar-refractivity contribution is 5.79. The van der Waals surface area contributed by atoms with Crippen LogP contribution in [0.2, 0.25) is 0 Å². The number of hydrogen-bond acceptors (Lipinski definition) is 2. The Labute approximate surface area is 119 Å². The molecule has 0 radical (unpaired) electrons. The maximum atomic E-state index is 11.9. The van der Waals surface area contributed by atoms with Gasteiger partial charge < -0.3 is 10.6 Å². The number of benzene rings is 1. The number of aryl methyl sites for hydroxylation is 1. The quantitative estimate of drug-likeness (QED) is 0.834. The van der Waals surface area contributed by atoms with Gasteiger partial charge in [0.25, 0.3) is 0 Å². The summed E-state index contributed by atoms with van der Waals surface area (Å²) in [5.74, 6) is 0.541. The van der Waals surface area contributed by atoms with Crippen molar-refractivity contribution in [2.45, 2.75) is 39.2 Å². The van der Waals surface area contributed by atoms with E-state index >= 15 is 0 Å². The van der Waals surface area contributed by atoms with E-state index in [-0.39, 0.29) is 24.3 Å². The molecule has 0 saturated heterocycles. The summed E-state index contributed by atoms with van der Waals surface area (Å²) < 4.78 is 0. The fraction of sp³-hybridized carbons (Fsp3) is 0.500. The molecule has 1 aromatic carbocycles. The standard InChI is InChI=1S/C16H22N2O2/c1-11-3-7-14(8-4-11)15(18-12(2)19)9-16(20)17-10-13-5-6-13/h3-4,7-8,13,15H,5-6,9-10H2,1-2H3,(H,17,20)(H,18,19)/t15-/m1/s1. The highest BCUT2D eigenvalue weighted by Crippen LogP contribution is 2.27. The van der Waals surface area contributed by atoms with Crippen LogP contribution in [0.25, 0.3) is 0 Å². The Kier molecular flexibility index (Phi) is 4.77. The summed E-state index contributed by atoms with van der Waals surface area (Å²) in [5, 5.41) is 5.79. The summed E-state index contributed by atoms with van der Waals surface area (Å²) in [6, 6.07) is 7.65. The van der Waals surface area contributed by atoms with Gasteiger partial charge in [-0.1, -0.05) is 29.8 Å². The van der Waals surface area contributed by atoms with Gasteiger partial charge in [0.15, 0.2) is 0 Å². The van der Waals surface area contributed by atoms with Gasteiger partial charge in [0, 0.05) is 13.5 Å². The van der Waals surface area contributed by atoms with Crippen molar-refractivity contribution in [1.82, 2.24) is 10.6 Å². The Morgan fingerprint density at radius 1 is 1.25 bits per heavy atom. The summed E-state index contributed by atoms with van der Waals surface area (Å²) in [6.07, 6.45) is 2.72. The molecule has 1 saturated carbocycles. The first-order valence-corrected chi connectivity index (χ1v) is 7.15. The zero-order valence-electron chi connectivity index (χ0n) is 12.1. The third kappa shape index (κ3) is 4.68. The molecule has 0 aromatic heterocycles. The molecule has 1 aromatic rings. The molecule has 2 rings (SSSR count). The second kappa shape index (κ2) is 6.55. The highest BCUT2D eigenvalue weighted by Gasteiger charge is 2.23. The van der Waals surface area contributed by atoms with Gasteiger partial charge in [-0.2, -0.15) is 0 Å². The SMILES string of the molecule is CC(=O)N[C@H](CC(=O)NCC1CC1)c1ccc(C)cc1. The summed E-state index contributed by atoms with van der Waals surface area (Å²) in [6.45, 7) is 4.25. The maximum Gasteiger partial charge on any atom is 0.222 e. The van der Waals surface area contributed by atoms with Gasteiger partial charge in [-0.25, -0.2) is 0 Å². The first-order valence-electron chi connectivity index (χ1n) is 7.15. The lowest BCUT2D eigenvalue weighted by Gasteiger charge is -2.18. The fourth-order valence-corrected chi connectivity index (χ4v) is 2.13. The Balaban J connectivity index is 1.96. The molecule has 1 atom stereocenters. The minimum absolute atomic E-state index is 0.00350. The van der Waals surface area contributed by atoms with Crippen LogP contribution in [-0.2, 0) is 9.59 Å². The molecule has 1 aliphatic rings. The van der Waals surface area contributed by atoms with E-state index in [9.17, 15) is 9.59 Å². The largest absolute Gasteiger partial charge is 0.356 e. The van der Waals surface area contributed by atoms with Crippen LogP contribution >= 0.6 is 0 Å². The minimum Gasteiger partial charge on any atom is -0.356 e. The zero-order valence-corrected chi connectivity index (χ0v) is 12.1. The van der Waals surface area contributed by atoms with Crippen LogP contribution in [0.15, 0.2) is 24.3 Å². The summed E-state index contributed by atoms with van der Waals surface area (Å²) in [5.41, 5.74) is 2.13. The fourth-order valence-electron chi connectivity index (χ4n) is 2.13. The van der Waals surface area contributed by atoms with Crippen molar-refractivity contribution >= 4 is 11.8 Å². The van der Waals surface area contributed by atoms with Crippen LogP contribution in [0.1, 0.15) is 43.4 Å². The van der Waals surface area contributed by atoms with E-state index in [0.717, 1.165) is 17.7 Å². The van der Waals surface area contributed by atoms with Crippen molar-refractivity contribution in [3.63, 3.8) is 0 Å². The lowest BCUT2D eigenvalue weighted by atomic mass is 10.0. The third-order valence-corrected chi connectivity index (χ3v) is 3.53. The Bertz CT molecular complexity index is 478. The Morgan fingerprint density at radius 3 is 2.45 bits per heavy atom. The maximum absolute atomic E-state index is 11.9. The minimum atomic E-state index is -0.257. The van der Waals surface area contributed by atoms with E-state index in [1.807, 2.05) is 31.2 Å². The molecule has 4 nitrogen and oxygen atoms in total. The number of nitrogens with one attached hydrogen (secondary N) is 2. The molecule has 20 heavy (non-hydrogen) atoms. The second-order valence-corrected chi connectivity index (χ2v) is 5.62. The van der Waals surface area contributed by atoms with Crippen molar-refractivity contribution in [3.8, 4) is 0 Å². The average Bonchev–Trinajstić information content (AvgIpc) is 3.20. The molecule has 0 spiro atoms. The van der Waals surface area contributed by atoms with Gasteiger partial charge in [0.05, 0.1) is 12.5 Å². The number of hydrogen-bond donors (Lipinski definition) is 2. The lowest BCUT2D eigenvalue weighted by Crippen LogP contribution is -2.33. The van der Waals surface area contributed by atoms with Gasteiger partial charge in [0.2, 0.25) is 11.8 Å². The van der Waals surface area contributed by atoms with E-state index in [4.69, 9.17) is 0 Å². The number of carbonyl (C=O) groups is 2. The van der Waals surface area contributed by atoms with Crippen LogP contribution in [-0.4, -0.2) is 18.4 Å². The van der Waals surface area contributed by atoms with Crippen LogP contribution < -0.4 is 10.6 Å². The summed E-state index contributed by atoms with van der Waals surface area (Å²) in [4.78, 5) is 23.3. The molecule has 1 fully saturated rings. The monoisotopic (exact) mass is 274 g/mol. The summed E-state index contributed by atoms with van der Waals surface area (Å²) >= 11 is 0. The third-order valence-electron chi connectivity index (χ3n) is 3.53. The molecular formula is C16H22N2O2. The van der Waals surface area contributed by atoms with Crippen molar-refractivity contribution in [3.05, 3.63) is 35.4 Å². The smallest absolute Gasteiger partial charge is 0.222 e. The molecule has 1 aliphatic carbocycles. The van der Waals surface area contributed by atoms with Crippen LogP contribution in [0.5, 0.6) is 0 Å². The lowest BCUT2D eigenvalue weighted by molar-refractivity contribution is -0.122. The van der Waals surface area contributed by atoms with Crippen LogP contribution in [0.4, 0.5) is 0 Å². The number of rotatable bonds is 6. The molecule has 0 aliphatic heterocycles. The Hall–Kier alpha value is -1.84. The van der Waals surface area contributed by atoms with E-state index in [1.165, 1.54) is 19.8 Å². The first kappa shape index (κ1) is 14.6. The zero-order chi connectivity index (χ0) is 14.5. The summed E-state index contributed by atoms with van der Waals surface area (Å²) in [7, 11) is 0. The van der Waals surface area contributed by atoms with Crippen molar-refractivity contribution < 1.29 is 9.59 Å². The van der Waals surface area contributed by atoms with Gasteiger partial charge >= 0.3 is 0 Å². The average molecular weight is 274 g/mol. The predicted octanol–water partition coefficient (Wildman–Crippen LogP) is 2.09. The van der Waals surface area contributed by atoms with E-state index in [1.54, 1.807) is 0 Å². The van der Waals surface area contributed by atoms with Crippen molar-refractivity contribution in [2.75, 3.05) is 6.54 Å². The normalized spacial score (nSPS) is 15.5. The molecule has 0 bridgehead atoms. The molecule has 2 N–H and O–H groups in total. The number of amides is 2. The second-order valence-electron chi connectivity index (χ2n) is 5.62. The first-order chi connectivity index (χ1) is 9.54. The highest BCUT2D eigenvalue weighted by atomic mass is 16.2. The van der Waals surface area contributed by atoms with E-state index in [0.29, 0.717) is 5.92 Å². The molecule has 4 heteroatoms. The molecule has 2 amide bonds. The Morgan fingerprint density at radius 2 is 1.90 bits per heavy atom. The van der Waals surface area contributed by atoms with Crippen molar-refractivity contribution in [2.24, 2.45) is 5.92 Å². The van der Waals surface area contributed by atoms with E-state index in [2.05, 4.69) is 10.6 Å². The molecule has 0 unspecified atom stereocenters. The van der Waals surface area contributed by atoms with E-state index < -0.39 is 0 Å². The molecular weight excluding hydrogens is 252 g/mol. The van der Waals surface area contributed by atoms with Gasteiger partial charge in [0.1, 0.15) is 0 Å². The van der Waals surface area contributed by atoms with Gasteiger partial charge in [-0.15, -0.1) is 0 Å². The molecule has 0 heterocycles. The van der Waals surface area contributed by atoms with Crippen molar-refractivity contribution in [1.29, 1.82) is 0 Å². The van der Waals surface area contributed by atoms with Crippen LogP contribution in [0.3, 0.4) is 0 Å². The van der Waals surface area contributed by atoms with Crippen LogP contribution in [0, 0.1) is 12.8 Å². The van der Waals surface area contributed by atoms with Gasteiger partial charge in [-0.3, -0.25) is 9.59 Å². The topological polar surface area (TPSA) is 58.2 Å². The molecule has 108 valence electrons. The van der Waals surface area contributed by atoms with Gasteiger partial charge in [-0.05, 0) is 31.2 Å².